The van der Waals surface area contributed by atoms with Crippen molar-refractivity contribution in [1.82, 2.24) is 9.80 Å². The van der Waals surface area contributed by atoms with E-state index in [1.807, 2.05) is 0 Å². The Morgan fingerprint density at radius 1 is 0.396 bits per heavy atom. The molecule has 14 heteroatoms. The van der Waals surface area contributed by atoms with E-state index in [4.69, 9.17) is 28.4 Å². The number of hydrogen-bond donors (Lipinski definition) is 2. The first-order chi connectivity index (χ1) is 23.5. The Balaban J connectivity index is 1.23. The summed E-state index contributed by atoms with van der Waals surface area (Å²) in [6.07, 6.45) is 2.76. The molecule has 2 aliphatic rings. The molecule has 0 bridgehead atoms. The minimum atomic E-state index is -0.455. The summed E-state index contributed by atoms with van der Waals surface area (Å²) in [4.78, 5) is 56.2. The van der Waals surface area contributed by atoms with Crippen LogP contribution in [0.25, 0.3) is 10.8 Å². The maximum atomic E-state index is 13.5. The van der Waals surface area contributed by atoms with Gasteiger partial charge in [0.25, 0.3) is 23.6 Å². The lowest BCUT2D eigenvalue weighted by molar-refractivity contribution is -0.369. The van der Waals surface area contributed by atoms with Crippen molar-refractivity contribution in [3.63, 3.8) is 0 Å². The van der Waals surface area contributed by atoms with Crippen LogP contribution in [-0.4, -0.2) is 139 Å². The van der Waals surface area contributed by atoms with Crippen molar-refractivity contribution in [2.75, 3.05) is 105 Å². The molecule has 0 radical (unpaired) electrons. The second-order valence-corrected chi connectivity index (χ2v) is 11.4. The van der Waals surface area contributed by atoms with Gasteiger partial charge in [0.1, 0.15) is 0 Å². The second kappa shape index (κ2) is 20.2. The fourth-order valence-electron chi connectivity index (χ4n) is 5.52. The molecule has 4 amide bonds. The number of rotatable bonds is 26. The van der Waals surface area contributed by atoms with Crippen molar-refractivity contribution >= 4 is 34.4 Å². The van der Waals surface area contributed by atoms with Crippen LogP contribution in [0.15, 0.2) is 24.3 Å². The molecule has 2 aromatic carbocycles. The number of quaternary nitrogens is 2. The average Bonchev–Trinajstić information content (AvgIpc) is 3.09. The van der Waals surface area contributed by atoms with Crippen molar-refractivity contribution in [2.24, 2.45) is 0 Å². The van der Waals surface area contributed by atoms with Crippen LogP contribution in [-0.2, 0) is 28.4 Å². The van der Waals surface area contributed by atoms with Gasteiger partial charge in [0.15, 0.2) is 0 Å². The molecule has 0 aromatic heterocycles. The van der Waals surface area contributed by atoms with Gasteiger partial charge in [-0.3, -0.25) is 29.0 Å². The van der Waals surface area contributed by atoms with E-state index in [0.29, 0.717) is 125 Å². The first-order valence-corrected chi connectivity index (χ1v) is 16.9. The summed E-state index contributed by atoms with van der Waals surface area (Å²) in [6.45, 7) is 7.76. The van der Waals surface area contributed by atoms with Gasteiger partial charge in [0.05, 0.1) is 79.2 Å². The molecule has 264 valence electrons. The maximum Gasteiger partial charge on any atom is 0.261 e. The Bertz CT molecular complexity index is 1210. The van der Waals surface area contributed by atoms with Gasteiger partial charge < -0.3 is 39.9 Å². The van der Waals surface area contributed by atoms with Crippen LogP contribution in [0.4, 0.5) is 0 Å². The van der Waals surface area contributed by atoms with E-state index in [-0.39, 0.29) is 13.1 Å². The molecule has 0 atom stereocenters. The molecular formula is C34H50N4O10+2. The topological polar surface area (TPSA) is 185 Å². The Morgan fingerprint density at radius 3 is 0.917 bits per heavy atom. The van der Waals surface area contributed by atoms with E-state index in [1.54, 1.807) is 24.3 Å². The fourth-order valence-corrected chi connectivity index (χ4v) is 5.52. The summed E-state index contributed by atoms with van der Waals surface area (Å²) in [7, 11) is 0. The quantitative estimate of drug-likeness (QED) is 0.103. The number of carbonyl (C=O) groups excluding carboxylic acids is 4. The van der Waals surface area contributed by atoms with Crippen LogP contribution < -0.4 is 11.5 Å². The Kier molecular flexibility index (Phi) is 15.8. The molecule has 14 nitrogen and oxygen atoms in total. The van der Waals surface area contributed by atoms with Gasteiger partial charge in [0, 0.05) is 72.2 Å². The van der Waals surface area contributed by atoms with Crippen molar-refractivity contribution in [3.05, 3.63) is 46.5 Å². The van der Waals surface area contributed by atoms with Gasteiger partial charge in [-0.1, -0.05) is 0 Å². The monoisotopic (exact) mass is 674 g/mol. The van der Waals surface area contributed by atoms with Gasteiger partial charge in [-0.25, -0.2) is 0 Å². The van der Waals surface area contributed by atoms with Crippen LogP contribution in [0.1, 0.15) is 67.1 Å². The Morgan fingerprint density at radius 2 is 0.646 bits per heavy atom. The highest BCUT2D eigenvalue weighted by molar-refractivity contribution is 6.33. The third-order valence-electron chi connectivity index (χ3n) is 7.97. The first kappa shape index (κ1) is 37.5. The van der Waals surface area contributed by atoms with Gasteiger partial charge in [-0.05, 0) is 37.1 Å². The van der Waals surface area contributed by atoms with Crippen molar-refractivity contribution in [1.29, 1.82) is 0 Å². The number of nitrogens with zero attached hydrogens (tertiary/aromatic N) is 2. The Hall–Kier alpha value is -3.34. The smallest absolute Gasteiger partial charge is 0.261 e. The zero-order valence-electron chi connectivity index (χ0n) is 27.8. The average molecular weight is 675 g/mol. The van der Waals surface area contributed by atoms with Crippen LogP contribution in [0, 0.1) is 0 Å². The largest absolute Gasteiger partial charge is 0.379 e. The molecule has 0 saturated carbocycles. The highest BCUT2D eigenvalue weighted by Crippen LogP contribution is 2.37. The van der Waals surface area contributed by atoms with Crippen LogP contribution in [0.3, 0.4) is 0 Å². The van der Waals surface area contributed by atoms with E-state index >= 15 is 0 Å². The van der Waals surface area contributed by atoms with Crippen molar-refractivity contribution < 1.29 is 59.1 Å². The highest BCUT2D eigenvalue weighted by Gasteiger charge is 2.39. The van der Waals surface area contributed by atoms with Gasteiger partial charge in [-0.2, -0.15) is 0 Å². The second-order valence-electron chi connectivity index (χ2n) is 11.4. The van der Waals surface area contributed by atoms with E-state index in [1.165, 1.54) is 9.80 Å². The molecular weight excluding hydrogens is 624 g/mol. The minimum Gasteiger partial charge on any atom is -0.379 e. The summed E-state index contributed by atoms with van der Waals surface area (Å²) in [5.41, 5.74) is 8.73. The summed E-state index contributed by atoms with van der Waals surface area (Å²) in [5.74, 6) is -1.82. The van der Waals surface area contributed by atoms with E-state index in [2.05, 4.69) is 11.5 Å². The first-order valence-electron chi connectivity index (χ1n) is 16.9. The molecule has 2 heterocycles. The van der Waals surface area contributed by atoms with Crippen molar-refractivity contribution in [2.45, 2.75) is 25.7 Å². The number of imide groups is 2. The third-order valence-corrected chi connectivity index (χ3v) is 7.97. The zero-order valence-corrected chi connectivity index (χ0v) is 27.8. The van der Waals surface area contributed by atoms with Gasteiger partial charge >= 0.3 is 0 Å². The van der Waals surface area contributed by atoms with E-state index < -0.39 is 23.6 Å². The van der Waals surface area contributed by atoms with Crippen molar-refractivity contribution in [3.8, 4) is 0 Å². The normalized spacial score (nSPS) is 14.2. The number of carbonyl (C=O) groups is 4. The molecule has 0 aliphatic carbocycles. The predicted molar refractivity (Wildman–Crippen MR) is 174 cm³/mol. The highest BCUT2D eigenvalue weighted by atomic mass is 16.5. The molecule has 48 heavy (non-hydrogen) atoms. The summed E-state index contributed by atoms with van der Waals surface area (Å²) in [5, 5.41) is 0.717. The number of benzene rings is 2. The standard InChI is InChI=1S/C34H48N4O10/c35-9-1-13-43-17-21-47-23-19-45-15-3-11-37-31(39)25-5-7-27-30-28(8-6-26(29(25)30)32(37)40)34(42)38(33(27)41)12-4-16-46-20-24-48-22-18-44-14-2-10-36/h5-8H,1-4,9-24,35-36H2/p+2. The van der Waals surface area contributed by atoms with Gasteiger partial charge in [0.2, 0.25) is 0 Å². The molecule has 0 spiro atoms. The molecule has 2 aromatic rings. The third kappa shape index (κ3) is 9.86. The van der Waals surface area contributed by atoms with Crippen LogP contribution >= 0.6 is 0 Å². The van der Waals surface area contributed by atoms with E-state index in [9.17, 15) is 19.2 Å². The number of hydrogen-bond acceptors (Lipinski definition) is 10. The summed E-state index contributed by atoms with van der Waals surface area (Å²) in [6, 6.07) is 6.30. The Labute approximate surface area is 280 Å². The lowest BCUT2D eigenvalue weighted by Gasteiger charge is -2.32. The molecule has 0 saturated heterocycles. The van der Waals surface area contributed by atoms with E-state index in [0.717, 1.165) is 25.9 Å². The summed E-state index contributed by atoms with van der Waals surface area (Å²) < 4.78 is 33.0. The number of amides is 4. The fraction of sp³-hybridized carbons (Fsp3) is 0.588. The number of ether oxygens (including phenoxy) is 6. The van der Waals surface area contributed by atoms with Crippen LogP contribution in [0.2, 0.25) is 0 Å². The maximum absolute atomic E-state index is 13.5. The predicted octanol–water partition coefficient (Wildman–Crippen LogP) is 0.176. The van der Waals surface area contributed by atoms with Gasteiger partial charge in [-0.15, -0.1) is 0 Å². The lowest BCUT2D eigenvalue weighted by atomic mass is 9.86. The molecule has 4 rings (SSSR count). The molecule has 2 aliphatic heterocycles. The van der Waals surface area contributed by atoms with Crippen LogP contribution in [0.5, 0.6) is 0 Å². The SMILES string of the molecule is [NH3+]CCCOCCOCCOCCCN1C(=O)c2ccc3c4c(ccc(c24)C1=O)C(=O)N(CCCOCCOCCOCCC[NH3+])C3=O. The molecule has 6 N–H and O–H groups in total. The summed E-state index contributed by atoms with van der Waals surface area (Å²) >= 11 is 0. The minimum absolute atomic E-state index is 0.175. The zero-order chi connectivity index (χ0) is 34.1. The lowest BCUT2D eigenvalue weighted by Crippen LogP contribution is -2.50. The molecule has 0 fully saturated rings. The molecule has 0 unspecified atom stereocenters.